The summed E-state index contributed by atoms with van der Waals surface area (Å²) in [7, 11) is 0. The third kappa shape index (κ3) is 5.11. The van der Waals surface area contributed by atoms with Gasteiger partial charge < -0.3 is 19.4 Å². The number of nitrogens with zero attached hydrogens (tertiary/aromatic N) is 3. The van der Waals surface area contributed by atoms with Gasteiger partial charge in [-0.15, -0.1) is 0 Å². The molecule has 166 valence electrons. The van der Waals surface area contributed by atoms with Crippen LogP contribution in [0.5, 0.6) is 23.1 Å². The summed E-state index contributed by atoms with van der Waals surface area (Å²) >= 11 is 0. The Hall–Kier alpha value is -4.91. The molecule has 0 saturated heterocycles. The number of amides is 1. The van der Waals surface area contributed by atoms with Crippen LogP contribution in [0.1, 0.15) is 10.4 Å². The maximum Gasteiger partial charge on any atom is 0.255 e. The maximum absolute atomic E-state index is 12.6. The van der Waals surface area contributed by atoms with E-state index in [1.54, 1.807) is 54.6 Å². The average molecular weight is 448 g/mol. The van der Waals surface area contributed by atoms with E-state index in [0.29, 0.717) is 34.4 Å². The number of para-hydroxylation sites is 1. The minimum atomic E-state index is -0.216. The van der Waals surface area contributed by atoms with Crippen LogP contribution in [0.2, 0.25) is 0 Å². The summed E-state index contributed by atoms with van der Waals surface area (Å²) < 4.78 is 13.5. The van der Waals surface area contributed by atoms with Crippen LogP contribution in [0.3, 0.4) is 0 Å². The molecule has 0 aliphatic carbocycles. The summed E-state index contributed by atoms with van der Waals surface area (Å²) in [6, 6.07) is 29.1. The molecule has 7 nitrogen and oxygen atoms in total. The van der Waals surface area contributed by atoms with Gasteiger partial charge in [-0.3, -0.25) is 4.79 Å². The van der Waals surface area contributed by atoms with Crippen molar-refractivity contribution in [2.24, 2.45) is 0 Å². The molecule has 5 aromatic rings. The highest BCUT2D eigenvalue weighted by molar-refractivity contribution is 6.04. The largest absolute Gasteiger partial charge is 0.457 e. The summed E-state index contributed by atoms with van der Waals surface area (Å²) in [4.78, 5) is 21.0. The number of aromatic nitrogens is 3. The summed E-state index contributed by atoms with van der Waals surface area (Å²) in [5, 5.41) is 2.88. The molecule has 1 N–H and O–H groups in total. The molecule has 0 aliphatic rings. The number of nitrogens with one attached hydrogen (secondary N) is 1. The predicted molar refractivity (Wildman–Crippen MR) is 129 cm³/mol. The molecule has 0 bridgehead atoms. The first-order chi connectivity index (χ1) is 16.7. The molecule has 2 heterocycles. The van der Waals surface area contributed by atoms with E-state index in [-0.39, 0.29) is 5.91 Å². The molecule has 0 atom stereocenters. The quantitative estimate of drug-likeness (QED) is 0.325. The topological polar surface area (TPSA) is 78.3 Å². The first-order valence-electron chi connectivity index (χ1n) is 10.6. The molecular weight excluding hydrogens is 428 g/mol. The Morgan fingerprint density at radius 1 is 0.706 bits per heavy atom. The van der Waals surface area contributed by atoms with Crippen LogP contribution in [0, 0.1) is 0 Å². The molecule has 0 unspecified atom stereocenters. The number of benzene rings is 3. The average Bonchev–Trinajstić information content (AvgIpc) is 3.42. The van der Waals surface area contributed by atoms with Crippen LogP contribution < -0.4 is 14.8 Å². The molecule has 3 aromatic carbocycles. The van der Waals surface area contributed by atoms with Gasteiger partial charge in [-0.25, -0.2) is 9.97 Å². The number of ether oxygens (including phenoxy) is 2. The lowest BCUT2D eigenvalue weighted by Gasteiger charge is -2.09. The predicted octanol–water partition coefficient (Wildman–Crippen LogP) is 6.10. The minimum absolute atomic E-state index is 0.216. The van der Waals surface area contributed by atoms with E-state index in [4.69, 9.17) is 9.47 Å². The highest BCUT2D eigenvalue weighted by Gasteiger charge is 2.08. The molecule has 0 radical (unpaired) electrons. The standard InChI is InChI=1S/C27H20N4O3/c32-27(20-8-12-23(13-9-20)33-22-6-2-1-3-7-22)30-21-10-14-24(15-11-21)34-26-18-25(28-19-29-26)31-16-4-5-17-31/h1-19H,(H,30,32). The van der Waals surface area contributed by atoms with Gasteiger partial charge in [0.25, 0.3) is 5.91 Å². The Morgan fingerprint density at radius 2 is 1.35 bits per heavy atom. The van der Waals surface area contributed by atoms with E-state index in [1.807, 2.05) is 59.4 Å². The monoisotopic (exact) mass is 448 g/mol. The van der Waals surface area contributed by atoms with Crippen LogP contribution in [0.4, 0.5) is 5.69 Å². The van der Waals surface area contributed by atoms with Crippen LogP contribution in [-0.2, 0) is 0 Å². The lowest BCUT2D eigenvalue weighted by atomic mass is 10.2. The van der Waals surface area contributed by atoms with Gasteiger partial charge in [0.05, 0.1) is 0 Å². The molecule has 2 aromatic heterocycles. The van der Waals surface area contributed by atoms with Gasteiger partial charge in [-0.1, -0.05) is 18.2 Å². The fourth-order valence-corrected chi connectivity index (χ4v) is 3.24. The number of hydrogen-bond acceptors (Lipinski definition) is 5. The van der Waals surface area contributed by atoms with Crippen LogP contribution in [0.15, 0.2) is 116 Å². The van der Waals surface area contributed by atoms with Gasteiger partial charge in [0.1, 0.15) is 29.4 Å². The van der Waals surface area contributed by atoms with E-state index in [0.717, 1.165) is 5.75 Å². The number of carbonyl (C=O) groups excluding carboxylic acids is 1. The SMILES string of the molecule is O=C(Nc1ccc(Oc2cc(-n3cccc3)ncn2)cc1)c1ccc(Oc2ccccc2)cc1. The molecule has 34 heavy (non-hydrogen) atoms. The Labute approximate surface area is 196 Å². The van der Waals surface area contributed by atoms with Gasteiger partial charge >= 0.3 is 0 Å². The molecule has 7 heteroatoms. The number of anilines is 1. The Balaban J connectivity index is 1.20. The molecule has 1 amide bonds. The van der Waals surface area contributed by atoms with Crippen molar-refractivity contribution in [3.63, 3.8) is 0 Å². The Kier molecular flexibility index (Phi) is 5.98. The van der Waals surface area contributed by atoms with Crippen molar-refractivity contribution in [3.8, 4) is 28.9 Å². The molecule has 0 spiro atoms. The molecular formula is C27H20N4O3. The van der Waals surface area contributed by atoms with Crippen molar-refractivity contribution < 1.29 is 14.3 Å². The second-order valence-corrected chi connectivity index (χ2v) is 7.32. The first kappa shape index (κ1) is 21.0. The normalized spacial score (nSPS) is 10.5. The van der Waals surface area contributed by atoms with Crippen molar-refractivity contribution in [1.29, 1.82) is 0 Å². The van der Waals surface area contributed by atoms with E-state index in [1.165, 1.54) is 6.33 Å². The summed E-state index contributed by atoms with van der Waals surface area (Å²) in [6.45, 7) is 0. The number of hydrogen-bond donors (Lipinski definition) is 1. The molecule has 0 aliphatic heterocycles. The highest BCUT2D eigenvalue weighted by atomic mass is 16.5. The molecule has 0 fully saturated rings. The summed E-state index contributed by atoms with van der Waals surface area (Å²) in [6.07, 6.45) is 5.25. The maximum atomic E-state index is 12.6. The highest BCUT2D eigenvalue weighted by Crippen LogP contribution is 2.24. The van der Waals surface area contributed by atoms with E-state index < -0.39 is 0 Å². The fourth-order valence-electron chi connectivity index (χ4n) is 3.24. The van der Waals surface area contributed by atoms with Gasteiger partial charge in [-0.2, -0.15) is 0 Å². The smallest absolute Gasteiger partial charge is 0.255 e. The number of rotatable bonds is 7. The zero-order chi connectivity index (χ0) is 23.2. The Morgan fingerprint density at radius 3 is 2.09 bits per heavy atom. The zero-order valence-electron chi connectivity index (χ0n) is 18.0. The van der Waals surface area contributed by atoms with Crippen LogP contribution in [0.25, 0.3) is 5.82 Å². The number of carbonyl (C=O) groups is 1. The van der Waals surface area contributed by atoms with E-state index in [2.05, 4.69) is 15.3 Å². The second kappa shape index (κ2) is 9.70. The lowest BCUT2D eigenvalue weighted by Crippen LogP contribution is -2.11. The van der Waals surface area contributed by atoms with Crippen molar-refractivity contribution in [1.82, 2.24) is 14.5 Å². The fraction of sp³-hybridized carbons (Fsp3) is 0. The second-order valence-electron chi connectivity index (χ2n) is 7.32. The Bertz CT molecular complexity index is 1370. The van der Waals surface area contributed by atoms with Crippen LogP contribution >= 0.6 is 0 Å². The first-order valence-corrected chi connectivity index (χ1v) is 10.6. The third-order valence-corrected chi connectivity index (χ3v) is 4.93. The lowest BCUT2D eigenvalue weighted by molar-refractivity contribution is 0.102. The van der Waals surface area contributed by atoms with Crippen LogP contribution in [-0.4, -0.2) is 20.4 Å². The minimum Gasteiger partial charge on any atom is -0.457 e. The zero-order valence-corrected chi connectivity index (χ0v) is 18.0. The van der Waals surface area contributed by atoms with Gasteiger partial charge in [0.15, 0.2) is 0 Å². The van der Waals surface area contributed by atoms with Gasteiger partial charge in [-0.05, 0) is 72.8 Å². The molecule has 5 rings (SSSR count). The molecule has 0 saturated carbocycles. The van der Waals surface area contributed by atoms with Gasteiger partial charge in [0, 0.05) is 29.7 Å². The van der Waals surface area contributed by atoms with Crippen molar-refractivity contribution in [2.75, 3.05) is 5.32 Å². The third-order valence-electron chi connectivity index (χ3n) is 4.93. The van der Waals surface area contributed by atoms with E-state index in [9.17, 15) is 4.79 Å². The van der Waals surface area contributed by atoms with Gasteiger partial charge in [0.2, 0.25) is 5.88 Å². The summed E-state index contributed by atoms with van der Waals surface area (Å²) in [5.41, 5.74) is 1.18. The van der Waals surface area contributed by atoms with Crippen molar-refractivity contribution in [3.05, 3.63) is 121 Å². The summed E-state index contributed by atoms with van der Waals surface area (Å²) in [5.74, 6) is 2.91. The van der Waals surface area contributed by atoms with E-state index >= 15 is 0 Å². The van der Waals surface area contributed by atoms with Crippen molar-refractivity contribution >= 4 is 11.6 Å². The van der Waals surface area contributed by atoms with Crippen molar-refractivity contribution in [2.45, 2.75) is 0 Å².